The van der Waals surface area contributed by atoms with Crippen molar-refractivity contribution in [2.75, 3.05) is 0 Å². The summed E-state index contributed by atoms with van der Waals surface area (Å²) in [5, 5.41) is 0. The number of halogens is 4. The fourth-order valence-electron chi connectivity index (χ4n) is 1.56. The molecule has 0 aliphatic heterocycles. The third-order valence-corrected chi connectivity index (χ3v) is 4.42. The lowest BCUT2D eigenvalue weighted by molar-refractivity contribution is 0.284. The van der Waals surface area contributed by atoms with Crippen molar-refractivity contribution in [2.24, 2.45) is 0 Å². The zero-order valence-electron chi connectivity index (χ0n) is 10.3. The standard InChI is InChI=1S/C13H8BrClF2O3S/c14-9-1-3-11(16)8(5-9)7-20-13-4-2-10(6-12(13)17)21(15,18)19/h1-6H,7H2. The first-order valence-electron chi connectivity index (χ1n) is 5.58. The lowest BCUT2D eigenvalue weighted by Gasteiger charge is -2.09. The van der Waals surface area contributed by atoms with Crippen LogP contribution < -0.4 is 4.74 Å². The lowest BCUT2D eigenvalue weighted by atomic mass is 10.2. The van der Waals surface area contributed by atoms with E-state index in [2.05, 4.69) is 15.9 Å². The molecule has 0 aliphatic carbocycles. The summed E-state index contributed by atoms with van der Waals surface area (Å²) in [5.74, 6) is -1.58. The van der Waals surface area contributed by atoms with Crippen LogP contribution in [0.1, 0.15) is 5.56 Å². The number of benzene rings is 2. The average Bonchev–Trinajstić information content (AvgIpc) is 2.40. The van der Waals surface area contributed by atoms with Gasteiger partial charge >= 0.3 is 0 Å². The minimum atomic E-state index is -4.01. The molecule has 0 aromatic heterocycles. The average molecular weight is 398 g/mol. The van der Waals surface area contributed by atoms with Crippen molar-refractivity contribution in [3.8, 4) is 5.75 Å². The van der Waals surface area contributed by atoms with E-state index in [4.69, 9.17) is 15.4 Å². The molecular weight excluding hydrogens is 390 g/mol. The van der Waals surface area contributed by atoms with E-state index in [1.165, 1.54) is 18.2 Å². The summed E-state index contributed by atoms with van der Waals surface area (Å²) in [4.78, 5) is -0.373. The molecule has 0 aliphatic rings. The van der Waals surface area contributed by atoms with Crippen molar-refractivity contribution in [2.45, 2.75) is 11.5 Å². The third-order valence-electron chi connectivity index (χ3n) is 2.58. The molecule has 0 bridgehead atoms. The van der Waals surface area contributed by atoms with Gasteiger partial charge in [0.1, 0.15) is 12.4 Å². The van der Waals surface area contributed by atoms with Crippen LogP contribution in [0.2, 0.25) is 0 Å². The van der Waals surface area contributed by atoms with Crippen LogP contribution in [0.15, 0.2) is 45.8 Å². The van der Waals surface area contributed by atoms with Gasteiger partial charge in [-0.05, 0) is 36.4 Å². The summed E-state index contributed by atoms with van der Waals surface area (Å²) < 4.78 is 55.1. The summed E-state index contributed by atoms with van der Waals surface area (Å²) in [6, 6.07) is 7.26. The molecule has 0 atom stereocenters. The largest absolute Gasteiger partial charge is 0.486 e. The van der Waals surface area contributed by atoms with Crippen LogP contribution in [0.5, 0.6) is 5.75 Å². The van der Waals surface area contributed by atoms with E-state index in [9.17, 15) is 17.2 Å². The molecule has 3 nitrogen and oxygen atoms in total. The predicted octanol–water partition coefficient (Wildman–Crippen LogP) is 4.23. The zero-order chi connectivity index (χ0) is 15.6. The zero-order valence-corrected chi connectivity index (χ0v) is 13.5. The molecule has 0 heterocycles. The van der Waals surface area contributed by atoms with Gasteiger partial charge in [0.05, 0.1) is 4.90 Å². The Kier molecular flexibility index (Phi) is 4.85. The first-order valence-corrected chi connectivity index (χ1v) is 8.68. The fraction of sp³-hybridized carbons (Fsp3) is 0.0769. The molecule has 21 heavy (non-hydrogen) atoms. The highest BCUT2D eigenvalue weighted by Gasteiger charge is 2.14. The minimum Gasteiger partial charge on any atom is -0.486 e. The summed E-state index contributed by atoms with van der Waals surface area (Å²) in [6.45, 7) is -0.199. The van der Waals surface area contributed by atoms with Crippen molar-refractivity contribution in [3.05, 3.63) is 58.1 Å². The number of rotatable bonds is 4. The van der Waals surface area contributed by atoms with Crippen molar-refractivity contribution in [1.82, 2.24) is 0 Å². The highest BCUT2D eigenvalue weighted by atomic mass is 79.9. The Morgan fingerprint density at radius 1 is 1.10 bits per heavy atom. The van der Waals surface area contributed by atoms with Gasteiger partial charge in [-0.2, -0.15) is 0 Å². The number of hydrogen-bond acceptors (Lipinski definition) is 3. The van der Waals surface area contributed by atoms with Gasteiger partial charge in [-0.1, -0.05) is 15.9 Å². The smallest absolute Gasteiger partial charge is 0.261 e. The summed E-state index contributed by atoms with van der Waals surface area (Å²) >= 11 is 3.19. The molecule has 0 unspecified atom stereocenters. The third kappa shape index (κ3) is 4.15. The normalized spacial score (nSPS) is 11.4. The molecule has 0 radical (unpaired) electrons. The molecule has 0 fully saturated rings. The van der Waals surface area contributed by atoms with Gasteiger partial charge in [0.25, 0.3) is 9.05 Å². The van der Waals surface area contributed by atoms with Crippen LogP contribution in [0.25, 0.3) is 0 Å². The van der Waals surface area contributed by atoms with E-state index in [-0.39, 0.29) is 22.8 Å². The van der Waals surface area contributed by atoms with Gasteiger partial charge in [0, 0.05) is 20.7 Å². The first kappa shape index (κ1) is 16.2. The molecule has 0 saturated heterocycles. The quantitative estimate of drug-likeness (QED) is 0.725. The second kappa shape index (κ2) is 6.29. The van der Waals surface area contributed by atoms with E-state index in [0.717, 1.165) is 18.2 Å². The van der Waals surface area contributed by atoms with Crippen LogP contribution in [0.3, 0.4) is 0 Å². The van der Waals surface area contributed by atoms with Gasteiger partial charge in [0.2, 0.25) is 0 Å². The fourth-order valence-corrected chi connectivity index (χ4v) is 2.73. The van der Waals surface area contributed by atoms with Crippen LogP contribution >= 0.6 is 26.6 Å². The van der Waals surface area contributed by atoms with Gasteiger partial charge in [-0.15, -0.1) is 0 Å². The Morgan fingerprint density at radius 3 is 2.43 bits per heavy atom. The molecule has 112 valence electrons. The Balaban J connectivity index is 2.19. The van der Waals surface area contributed by atoms with E-state index in [1.54, 1.807) is 0 Å². The number of hydrogen-bond donors (Lipinski definition) is 0. The summed E-state index contributed by atoms with van der Waals surface area (Å²) in [6.07, 6.45) is 0. The molecule has 0 saturated carbocycles. The Labute approximate surface area is 133 Å². The molecule has 2 aromatic rings. The van der Waals surface area contributed by atoms with Crippen molar-refractivity contribution in [1.29, 1.82) is 0 Å². The number of ether oxygens (including phenoxy) is 1. The highest BCUT2D eigenvalue weighted by molar-refractivity contribution is 9.10. The molecule has 0 spiro atoms. The van der Waals surface area contributed by atoms with Crippen LogP contribution in [-0.2, 0) is 15.7 Å². The summed E-state index contributed by atoms with van der Waals surface area (Å²) in [7, 11) is 1.09. The van der Waals surface area contributed by atoms with E-state index in [1.807, 2.05) is 0 Å². The second-order valence-corrected chi connectivity index (χ2v) is 7.54. The SMILES string of the molecule is O=S(=O)(Cl)c1ccc(OCc2cc(Br)ccc2F)c(F)c1. The lowest BCUT2D eigenvalue weighted by Crippen LogP contribution is -2.01. The van der Waals surface area contributed by atoms with Gasteiger partial charge in [-0.3, -0.25) is 0 Å². The van der Waals surface area contributed by atoms with E-state index >= 15 is 0 Å². The maximum absolute atomic E-state index is 13.7. The maximum atomic E-state index is 13.7. The molecule has 0 amide bonds. The van der Waals surface area contributed by atoms with Crippen molar-refractivity contribution >= 4 is 35.7 Å². The Hall–Kier alpha value is -1.18. The molecule has 8 heteroatoms. The van der Waals surface area contributed by atoms with Crippen LogP contribution in [-0.4, -0.2) is 8.42 Å². The topological polar surface area (TPSA) is 43.4 Å². The Bertz CT molecular complexity index is 781. The molecule has 0 N–H and O–H groups in total. The van der Waals surface area contributed by atoms with Gasteiger partial charge < -0.3 is 4.74 Å². The minimum absolute atomic E-state index is 0.196. The highest BCUT2D eigenvalue weighted by Crippen LogP contribution is 2.24. The monoisotopic (exact) mass is 396 g/mol. The van der Waals surface area contributed by atoms with Crippen molar-refractivity contribution in [3.63, 3.8) is 0 Å². The summed E-state index contributed by atoms with van der Waals surface area (Å²) in [5.41, 5.74) is 0.234. The predicted molar refractivity (Wildman–Crippen MR) is 77.9 cm³/mol. The Morgan fingerprint density at radius 2 is 1.81 bits per heavy atom. The second-order valence-electron chi connectivity index (χ2n) is 4.05. The first-order chi connectivity index (χ1) is 9.77. The van der Waals surface area contributed by atoms with Gasteiger partial charge in [0.15, 0.2) is 11.6 Å². The molecule has 2 rings (SSSR count). The van der Waals surface area contributed by atoms with E-state index in [0.29, 0.717) is 4.47 Å². The maximum Gasteiger partial charge on any atom is 0.261 e. The van der Waals surface area contributed by atoms with Crippen LogP contribution in [0.4, 0.5) is 8.78 Å². The molecular formula is C13H8BrClF2O3S. The van der Waals surface area contributed by atoms with E-state index < -0.39 is 20.7 Å². The van der Waals surface area contributed by atoms with Gasteiger partial charge in [-0.25, -0.2) is 17.2 Å². The van der Waals surface area contributed by atoms with Crippen molar-refractivity contribution < 1.29 is 21.9 Å². The molecule has 2 aromatic carbocycles. The van der Waals surface area contributed by atoms with Crippen LogP contribution in [0, 0.1) is 11.6 Å².